The van der Waals surface area contributed by atoms with Crippen molar-refractivity contribution >= 4 is 34.8 Å². The molecule has 0 aromatic heterocycles. The van der Waals surface area contributed by atoms with Crippen molar-refractivity contribution in [1.82, 2.24) is 4.90 Å². The molecule has 0 bridgehead atoms. The fraction of sp³-hybridized carbons (Fsp3) is 0.286. The zero-order valence-corrected chi connectivity index (χ0v) is 17.3. The third-order valence-corrected chi connectivity index (χ3v) is 4.73. The van der Waals surface area contributed by atoms with E-state index < -0.39 is 6.04 Å². The molecule has 2 N–H and O–H groups in total. The summed E-state index contributed by atoms with van der Waals surface area (Å²) >= 11 is 6.01. The maximum atomic E-state index is 12.6. The molecule has 1 atom stereocenters. The second kappa shape index (κ2) is 10.5. The van der Waals surface area contributed by atoms with Gasteiger partial charge in [-0.15, -0.1) is 0 Å². The molecule has 8 heteroatoms. The van der Waals surface area contributed by atoms with Crippen LogP contribution in [-0.4, -0.2) is 43.0 Å². The lowest BCUT2D eigenvalue weighted by Crippen LogP contribution is -2.45. The zero-order chi connectivity index (χ0) is 21.4. The molecule has 2 aromatic carbocycles. The van der Waals surface area contributed by atoms with Crippen LogP contribution in [-0.2, 0) is 9.59 Å². The average molecular weight is 415 g/mol. The van der Waals surface area contributed by atoms with Crippen molar-refractivity contribution in [2.45, 2.75) is 19.9 Å². The predicted octanol–water partition coefficient (Wildman–Crippen LogP) is 3.51. The normalized spacial score (nSPS) is 11.4. The largest absolute Gasteiger partial charge is 0.495 e. The Balaban J connectivity index is 2.00. The minimum absolute atomic E-state index is 0.0390. The first-order valence-corrected chi connectivity index (χ1v) is 9.44. The monoisotopic (exact) mass is 414 g/mol. The number of carbonyl (C=O) groups is 2. The molecule has 2 rings (SSSR count). The third-order valence-electron chi connectivity index (χ3n) is 4.42. The molecule has 2 aromatic rings. The van der Waals surface area contributed by atoms with E-state index in [1.165, 1.54) is 13.2 Å². The Kier molecular flexibility index (Phi) is 8.01. The Labute approximate surface area is 175 Å². The van der Waals surface area contributed by atoms with E-state index >= 15 is 0 Å². The van der Waals surface area contributed by atoms with E-state index in [1.54, 1.807) is 42.2 Å². The van der Waals surface area contributed by atoms with E-state index in [9.17, 15) is 9.59 Å². The van der Waals surface area contributed by atoms with Gasteiger partial charge in [-0.3, -0.25) is 14.5 Å². The first kappa shape index (κ1) is 22.2. The van der Waals surface area contributed by atoms with Gasteiger partial charge in [0.2, 0.25) is 11.8 Å². The lowest BCUT2D eigenvalue weighted by molar-refractivity contribution is -0.123. The highest BCUT2D eigenvalue weighted by Crippen LogP contribution is 2.23. The lowest BCUT2D eigenvalue weighted by atomic mass is 10.2. The summed E-state index contributed by atoms with van der Waals surface area (Å²) in [4.78, 5) is 26.8. The van der Waals surface area contributed by atoms with Gasteiger partial charge in [-0.2, -0.15) is 5.26 Å². The number of carbonyl (C=O) groups excluding carboxylic acids is 2. The summed E-state index contributed by atoms with van der Waals surface area (Å²) in [5, 5.41) is 14.8. The van der Waals surface area contributed by atoms with Crippen LogP contribution in [0.15, 0.2) is 42.5 Å². The molecule has 152 valence electrons. The van der Waals surface area contributed by atoms with Gasteiger partial charge in [0.25, 0.3) is 0 Å². The standard InChI is InChI=1S/C21H23ClN4O3/c1-4-26(13-20(27)25-18-7-5-6-8-19(18)29-3)14(2)21(28)24-16-10-9-15(12-23)17(22)11-16/h5-11,14H,4,13H2,1-3H3,(H,24,28)(H,25,27). The van der Waals surface area contributed by atoms with E-state index in [1.807, 2.05) is 19.1 Å². The molecular formula is C21H23ClN4O3. The van der Waals surface area contributed by atoms with Crippen LogP contribution in [0.3, 0.4) is 0 Å². The van der Waals surface area contributed by atoms with Crippen molar-refractivity contribution in [3.05, 3.63) is 53.1 Å². The quantitative estimate of drug-likeness (QED) is 0.689. The lowest BCUT2D eigenvalue weighted by Gasteiger charge is -2.26. The number of nitrogens with zero attached hydrogens (tertiary/aromatic N) is 2. The Morgan fingerprint density at radius 2 is 1.97 bits per heavy atom. The molecule has 0 aliphatic rings. The molecule has 0 spiro atoms. The van der Waals surface area contributed by atoms with Gasteiger partial charge in [-0.1, -0.05) is 30.7 Å². The fourth-order valence-electron chi connectivity index (χ4n) is 2.74. The maximum absolute atomic E-state index is 12.6. The van der Waals surface area contributed by atoms with Gasteiger partial charge in [0.15, 0.2) is 0 Å². The first-order chi connectivity index (χ1) is 13.9. The highest BCUT2D eigenvalue weighted by atomic mass is 35.5. The minimum Gasteiger partial charge on any atom is -0.495 e. The van der Waals surface area contributed by atoms with Crippen molar-refractivity contribution < 1.29 is 14.3 Å². The predicted molar refractivity (Wildman–Crippen MR) is 113 cm³/mol. The first-order valence-electron chi connectivity index (χ1n) is 9.07. The summed E-state index contributed by atoms with van der Waals surface area (Å²) < 4.78 is 5.23. The number of para-hydroxylation sites is 2. The molecule has 7 nitrogen and oxygen atoms in total. The Morgan fingerprint density at radius 3 is 2.59 bits per heavy atom. The van der Waals surface area contributed by atoms with Gasteiger partial charge in [0.05, 0.1) is 36.0 Å². The molecule has 0 saturated heterocycles. The number of benzene rings is 2. The SMILES string of the molecule is CCN(CC(=O)Nc1ccccc1OC)C(C)C(=O)Nc1ccc(C#N)c(Cl)c1. The van der Waals surface area contributed by atoms with Crippen LogP contribution in [0.2, 0.25) is 5.02 Å². The molecule has 2 amide bonds. The molecule has 0 aliphatic carbocycles. The summed E-state index contributed by atoms with van der Waals surface area (Å²) in [5.41, 5.74) is 1.39. The van der Waals surface area contributed by atoms with Crippen LogP contribution in [0.1, 0.15) is 19.4 Å². The van der Waals surface area contributed by atoms with Crippen LogP contribution in [0.5, 0.6) is 5.75 Å². The number of likely N-dealkylation sites (N-methyl/N-ethyl adjacent to an activating group) is 1. The smallest absolute Gasteiger partial charge is 0.241 e. The number of anilines is 2. The van der Waals surface area contributed by atoms with Gasteiger partial charge in [-0.25, -0.2) is 0 Å². The van der Waals surface area contributed by atoms with E-state index in [0.717, 1.165) is 0 Å². The Hall–Kier alpha value is -3.08. The summed E-state index contributed by atoms with van der Waals surface area (Å²) in [7, 11) is 1.53. The van der Waals surface area contributed by atoms with Crippen molar-refractivity contribution in [2.75, 3.05) is 30.8 Å². The van der Waals surface area contributed by atoms with E-state index in [-0.39, 0.29) is 23.4 Å². The molecule has 0 aliphatic heterocycles. The maximum Gasteiger partial charge on any atom is 0.241 e. The topological polar surface area (TPSA) is 94.5 Å². The second-order valence-corrected chi connectivity index (χ2v) is 6.69. The number of rotatable bonds is 8. The van der Waals surface area contributed by atoms with Crippen LogP contribution in [0.25, 0.3) is 0 Å². The molecule has 1 unspecified atom stereocenters. The van der Waals surface area contributed by atoms with Crippen LogP contribution in [0.4, 0.5) is 11.4 Å². The highest BCUT2D eigenvalue weighted by Gasteiger charge is 2.23. The van der Waals surface area contributed by atoms with Gasteiger partial charge in [0, 0.05) is 5.69 Å². The summed E-state index contributed by atoms with van der Waals surface area (Å²) in [6.07, 6.45) is 0. The number of halogens is 1. The number of hydrogen-bond acceptors (Lipinski definition) is 5. The third kappa shape index (κ3) is 5.95. The molecule has 0 radical (unpaired) electrons. The molecule has 0 saturated carbocycles. The number of hydrogen-bond donors (Lipinski definition) is 2. The molecule has 0 fully saturated rings. The fourth-order valence-corrected chi connectivity index (χ4v) is 2.96. The van der Waals surface area contributed by atoms with Gasteiger partial charge < -0.3 is 15.4 Å². The number of methoxy groups -OCH3 is 1. The van der Waals surface area contributed by atoms with Gasteiger partial charge >= 0.3 is 0 Å². The van der Waals surface area contributed by atoms with Crippen LogP contribution >= 0.6 is 11.6 Å². The number of ether oxygens (including phenoxy) is 1. The van der Waals surface area contributed by atoms with Crippen molar-refractivity contribution in [3.63, 3.8) is 0 Å². The summed E-state index contributed by atoms with van der Waals surface area (Å²) in [6, 6.07) is 13.2. The Morgan fingerprint density at radius 1 is 1.24 bits per heavy atom. The summed E-state index contributed by atoms with van der Waals surface area (Å²) in [5.74, 6) is 0.0301. The van der Waals surface area contributed by atoms with Crippen molar-refractivity contribution in [1.29, 1.82) is 5.26 Å². The van der Waals surface area contributed by atoms with Crippen molar-refractivity contribution in [3.8, 4) is 11.8 Å². The number of nitrogens with one attached hydrogen (secondary N) is 2. The highest BCUT2D eigenvalue weighted by molar-refractivity contribution is 6.32. The van der Waals surface area contributed by atoms with Gasteiger partial charge in [0.1, 0.15) is 11.8 Å². The van der Waals surface area contributed by atoms with E-state index in [2.05, 4.69) is 10.6 Å². The number of nitriles is 1. The Bertz CT molecular complexity index is 926. The summed E-state index contributed by atoms with van der Waals surface area (Å²) in [6.45, 7) is 4.14. The van der Waals surface area contributed by atoms with Crippen LogP contribution < -0.4 is 15.4 Å². The second-order valence-electron chi connectivity index (χ2n) is 6.28. The van der Waals surface area contributed by atoms with Crippen LogP contribution in [0, 0.1) is 11.3 Å². The molecular weight excluding hydrogens is 392 g/mol. The molecule has 29 heavy (non-hydrogen) atoms. The van der Waals surface area contributed by atoms with Crippen molar-refractivity contribution in [2.24, 2.45) is 0 Å². The zero-order valence-electron chi connectivity index (χ0n) is 16.5. The van der Waals surface area contributed by atoms with E-state index in [4.69, 9.17) is 21.6 Å². The average Bonchev–Trinajstić information content (AvgIpc) is 2.72. The minimum atomic E-state index is -0.558. The molecule has 0 heterocycles. The number of amides is 2. The van der Waals surface area contributed by atoms with Gasteiger partial charge in [-0.05, 0) is 43.8 Å². The van der Waals surface area contributed by atoms with E-state index in [0.29, 0.717) is 29.2 Å².